The van der Waals surface area contributed by atoms with Crippen LogP contribution in [0.2, 0.25) is 5.02 Å². The highest BCUT2D eigenvalue weighted by atomic mass is 35.5. The fraction of sp³-hybridized carbons (Fsp3) is 0.250. The van der Waals surface area contributed by atoms with Gasteiger partial charge in [-0.2, -0.15) is 5.48 Å². The van der Waals surface area contributed by atoms with Gasteiger partial charge in [0.15, 0.2) is 0 Å². The lowest BCUT2D eigenvalue weighted by molar-refractivity contribution is 0.0853. The van der Waals surface area contributed by atoms with Crippen LogP contribution < -0.4 is 5.48 Å². The molecule has 0 fully saturated rings. The lowest BCUT2D eigenvalue weighted by atomic mass is 10.2. The first-order valence-electron chi connectivity index (χ1n) is 3.58. The van der Waals surface area contributed by atoms with Gasteiger partial charge in [0, 0.05) is 5.56 Å². The summed E-state index contributed by atoms with van der Waals surface area (Å²) >= 11 is 5.51. The molecular weight excluding hydrogens is 197 g/mol. The van der Waals surface area contributed by atoms with Gasteiger partial charge in [0.2, 0.25) is 0 Å². The van der Waals surface area contributed by atoms with Crippen LogP contribution in [-0.4, -0.2) is 12.2 Å². The van der Waals surface area contributed by atoms with Crippen LogP contribution in [-0.2, 0) is 11.4 Å². The first-order chi connectivity index (χ1) is 6.16. The summed E-state index contributed by atoms with van der Waals surface area (Å²) in [5, 5.41) is 9.23. The van der Waals surface area contributed by atoms with Crippen LogP contribution in [0.5, 0.6) is 5.75 Å². The maximum Gasteiger partial charge on any atom is 0.150 e. The molecular formula is C8H9ClFNO2. The molecule has 3 nitrogen and oxygen atoms in total. The van der Waals surface area contributed by atoms with Gasteiger partial charge in [0.1, 0.15) is 11.6 Å². The van der Waals surface area contributed by atoms with Crippen molar-refractivity contribution in [3.8, 4) is 5.75 Å². The average Bonchev–Trinajstić information content (AvgIpc) is 2.12. The molecule has 0 aliphatic rings. The summed E-state index contributed by atoms with van der Waals surface area (Å²) in [6, 6.07) is 2.63. The summed E-state index contributed by atoms with van der Waals surface area (Å²) in [5.41, 5.74) is 2.51. The van der Waals surface area contributed by atoms with Crippen LogP contribution >= 0.6 is 11.6 Å². The van der Waals surface area contributed by atoms with Crippen molar-refractivity contribution < 1.29 is 14.3 Å². The summed E-state index contributed by atoms with van der Waals surface area (Å²) in [6.45, 7) is 0.0642. The normalized spacial score (nSPS) is 10.4. The lowest BCUT2D eigenvalue weighted by Gasteiger charge is -2.06. The van der Waals surface area contributed by atoms with Gasteiger partial charge in [-0.3, -0.25) is 0 Å². The van der Waals surface area contributed by atoms with E-state index in [0.717, 1.165) is 0 Å². The van der Waals surface area contributed by atoms with Crippen molar-refractivity contribution in [2.75, 3.05) is 7.11 Å². The van der Waals surface area contributed by atoms with E-state index in [0.29, 0.717) is 0 Å². The number of phenols is 1. The number of hydroxylamine groups is 1. The Bertz CT molecular complexity index is 306. The molecule has 0 amide bonds. The highest BCUT2D eigenvalue weighted by molar-refractivity contribution is 6.30. The highest BCUT2D eigenvalue weighted by Gasteiger charge is 2.10. The lowest BCUT2D eigenvalue weighted by Crippen LogP contribution is -2.12. The Morgan fingerprint density at radius 1 is 1.62 bits per heavy atom. The number of aromatic hydroxyl groups is 1. The molecule has 0 aliphatic carbocycles. The molecule has 1 aromatic rings. The zero-order chi connectivity index (χ0) is 9.84. The molecule has 0 saturated carbocycles. The van der Waals surface area contributed by atoms with E-state index in [1.54, 1.807) is 0 Å². The van der Waals surface area contributed by atoms with E-state index < -0.39 is 5.82 Å². The van der Waals surface area contributed by atoms with Gasteiger partial charge in [-0.25, -0.2) is 4.39 Å². The molecule has 0 unspecified atom stereocenters. The summed E-state index contributed by atoms with van der Waals surface area (Å²) in [7, 11) is 1.40. The minimum Gasteiger partial charge on any atom is -0.508 e. The Morgan fingerprint density at radius 2 is 2.31 bits per heavy atom. The maximum absolute atomic E-state index is 13.2. The van der Waals surface area contributed by atoms with Gasteiger partial charge < -0.3 is 9.94 Å². The summed E-state index contributed by atoms with van der Waals surface area (Å²) in [6.07, 6.45) is 0. The zero-order valence-corrected chi connectivity index (χ0v) is 7.73. The first-order valence-corrected chi connectivity index (χ1v) is 3.96. The van der Waals surface area contributed by atoms with Crippen molar-refractivity contribution in [1.82, 2.24) is 5.48 Å². The Morgan fingerprint density at radius 3 is 2.92 bits per heavy atom. The molecule has 13 heavy (non-hydrogen) atoms. The van der Waals surface area contributed by atoms with Gasteiger partial charge >= 0.3 is 0 Å². The van der Waals surface area contributed by atoms with Gasteiger partial charge in [0.25, 0.3) is 0 Å². The topological polar surface area (TPSA) is 41.5 Å². The molecule has 2 N–H and O–H groups in total. The Balaban J connectivity index is 2.96. The van der Waals surface area contributed by atoms with Gasteiger partial charge in [-0.15, -0.1) is 0 Å². The molecule has 0 saturated heterocycles. The second kappa shape index (κ2) is 4.41. The van der Waals surface area contributed by atoms with Crippen molar-refractivity contribution in [1.29, 1.82) is 0 Å². The van der Waals surface area contributed by atoms with Crippen molar-refractivity contribution in [2.45, 2.75) is 6.54 Å². The Kier molecular flexibility index (Phi) is 3.48. The first kappa shape index (κ1) is 10.2. The number of hydrogen-bond acceptors (Lipinski definition) is 3. The Hall–Kier alpha value is -0.840. The summed E-state index contributed by atoms with van der Waals surface area (Å²) in [5.74, 6) is -0.780. The molecule has 1 rings (SSSR count). The van der Waals surface area contributed by atoms with Crippen molar-refractivity contribution in [3.63, 3.8) is 0 Å². The molecule has 0 radical (unpaired) electrons. The van der Waals surface area contributed by atoms with E-state index in [2.05, 4.69) is 10.3 Å². The highest BCUT2D eigenvalue weighted by Crippen LogP contribution is 2.25. The third kappa shape index (κ3) is 2.30. The largest absolute Gasteiger partial charge is 0.508 e. The average molecular weight is 206 g/mol. The predicted octanol–water partition coefficient (Wildman–Crippen LogP) is 1.84. The number of nitrogens with one attached hydrogen (secondary N) is 1. The van der Waals surface area contributed by atoms with Crippen LogP contribution in [0.3, 0.4) is 0 Å². The molecule has 1 aromatic carbocycles. The van der Waals surface area contributed by atoms with Crippen molar-refractivity contribution in [2.24, 2.45) is 0 Å². The van der Waals surface area contributed by atoms with E-state index in [4.69, 9.17) is 11.6 Å². The minimum absolute atomic E-state index is 0.0225. The van der Waals surface area contributed by atoms with E-state index in [-0.39, 0.29) is 22.9 Å². The monoisotopic (exact) mass is 205 g/mol. The second-order valence-electron chi connectivity index (χ2n) is 2.38. The zero-order valence-electron chi connectivity index (χ0n) is 6.97. The summed E-state index contributed by atoms with van der Waals surface area (Å²) < 4.78 is 13.2. The van der Waals surface area contributed by atoms with E-state index in [1.807, 2.05) is 0 Å². The standard InChI is InChI=1S/C8H9ClFNO2/c1-13-11-4-5-7(12)3-2-6(9)8(5)10/h2-3,11-12H,4H2,1H3. The molecule has 0 bridgehead atoms. The van der Waals surface area contributed by atoms with E-state index in [9.17, 15) is 9.50 Å². The number of phenolic OH excluding ortho intramolecular Hbond substituents is 1. The molecule has 0 heterocycles. The maximum atomic E-state index is 13.2. The number of halogens is 2. The third-order valence-electron chi connectivity index (χ3n) is 1.56. The van der Waals surface area contributed by atoms with Crippen LogP contribution in [0.4, 0.5) is 4.39 Å². The molecule has 0 atom stereocenters. The van der Waals surface area contributed by atoms with Gasteiger partial charge in [-0.05, 0) is 12.1 Å². The number of rotatable bonds is 3. The van der Waals surface area contributed by atoms with E-state index >= 15 is 0 Å². The molecule has 0 aromatic heterocycles. The Labute approximate surface area is 80.0 Å². The number of benzene rings is 1. The molecule has 5 heteroatoms. The molecule has 0 spiro atoms. The fourth-order valence-electron chi connectivity index (χ4n) is 0.895. The SMILES string of the molecule is CONCc1c(O)ccc(Cl)c1F. The van der Waals surface area contributed by atoms with E-state index in [1.165, 1.54) is 19.2 Å². The predicted molar refractivity (Wildman–Crippen MR) is 46.9 cm³/mol. The summed E-state index contributed by atoms with van der Waals surface area (Å²) in [4.78, 5) is 4.52. The second-order valence-corrected chi connectivity index (χ2v) is 2.79. The minimum atomic E-state index is -0.633. The van der Waals surface area contributed by atoms with Crippen molar-refractivity contribution >= 4 is 11.6 Å². The fourth-order valence-corrected chi connectivity index (χ4v) is 1.07. The molecule has 72 valence electrons. The van der Waals surface area contributed by atoms with Crippen LogP contribution in [0.15, 0.2) is 12.1 Å². The van der Waals surface area contributed by atoms with Crippen LogP contribution in [0, 0.1) is 5.82 Å². The number of hydrogen-bond donors (Lipinski definition) is 2. The van der Waals surface area contributed by atoms with Crippen LogP contribution in [0.25, 0.3) is 0 Å². The van der Waals surface area contributed by atoms with Gasteiger partial charge in [0.05, 0.1) is 18.7 Å². The van der Waals surface area contributed by atoms with Crippen LogP contribution in [0.1, 0.15) is 5.56 Å². The third-order valence-corrected chi connectivity index (χ3v) is 1.86. The van der Waals surface area contributed by atoms with Gasteiger partial charge in [-0.1, -0.05) is 11.6 Å². The quantitative estimate of drug-likeness (QED) is 0.740. The molecule has 0 aliphatic heterocycles. The smallest absolute Gasteiger partial charge is 0.150 e. The van der Waals surface area contributed by atoms with Crippen molar-refractivity contribution in [3.05, 3.63) is 28.5 Å².